The molecular formula is C16H25N3O. The van der Waals surface area contributed by atoms with Gasteiger partial charge in [-0.2, -0.15) is 4.98 Å². The Morgan fingerprint density at radius 1 is 1.25 bits per heavy atom. The van der Waals surface area contributed by atoms with E-state index in [0.29, 0.717) is 11.6 Å². The number of anilines is 2. The highest BCUT2D eigenvalue weighted by Gasteiger charge is 2.23. The number of pyridine rings is 1. The van der Waals surface area contributed by atoms with Gasteiger partial charge in [0.25, 0.3) is 0 Å². The van der Waals surface area contributed by atoms with E-state index in [1.807, 2.05) is 12.1 Å². The van der Waals surface area contributed by atoms with Crippen molar-refractivity contribution in [2.24, 2.45) is 11.8 Å². The minimum atomic E-state index is 0.612. The van der Waals surface area contributed by atoms with Gasteiger partial charge in [0, 0.05) is 13.1 Å². The van der Waals surface area contributed by atoms with Crippen LogP contribution in [0, 0.1) is 11.8 Å². The van der Waals surface area contributed by atoms with Gasteiger partial charge in [0.15, 0.2) is 0 Å². The Bertz CT molecular complexity index is 455. The number of hydrogen-bond acceptors (Lipinski definition) is 4. The Balaban J connectivity index is 1.67. The fourth-order valence-corrected chi connectivity index (χ4v) is 2.59. The fourth-order valence-electron chi connectivity index (χ4n) is 2.59. The van der Waals surface area contributed by atoms with Crippen molar-refractivity contribution in [3.8, 4) is 5.88 Å². The average Bonchev–Trinajstić information content (AvgIpc) is 3.21. The van der Waals surface area contributed by atoms with Crippen molar-refractivity contribution in [3.05, 3.63) is 12.1 Å². The molecule has 110 valence electrons. The minimum absolute atomic E-state index is 0.612. The summed E-state index contributed by atoms with van der Waals surface area (Å²) >= 11 is 0. The van der Waals surface area contributed by atoms with Crippen LogP contribution in [0.3, 0.4) is 0 Å². The van der Waals surface area contributed by atoms with Crippen LogP contribution in [-0.2, 0) is 0 Å². The van der Waals surface area contributed by atoms with Crippen molar-refractivity contribution in [2.75, 3.05) is 30.3 Å². The summed E-state index contributed by atoms with van der Waals surface area (Å²) in [6, 6.07) is 3.94. The van der Waals surface area contributed by atoms with E-state index in [0.717, 1.165) is 37.4 Å². The molecule has 0 aliphatic heterocycles. The molecule has 1 aromatic rings. The van der Waals surface area contributed by atoms with Crippen molar-refractivity contribution in [2.45, 2.75) is 39.0 Å². The number of nitrogens with two attached hydrogens (primary N) is 1. The molecule has 2 aliphatic rings. The summed E-state index contributed by atoms with van der Waals surface area (Å²) in [7, 11) is 0. The molecule has 1 heterocycles. The molecule has 2 N–H and O–H groups in total. The summed E-state index contributed by atoms with van der Waals surface area (Å²) in [6.45, 7) is 5.03. The third-order valence-corrected chi connectivity index (χ3v) is 4.44. The van der Waals surface area contributed by atoms with E-state index < -0.39 is 0 Å². The van der Waals surface area contributed by atoms with Crippen molar-refractivity contribution < 1.29 is 4.74 Å². The van der Waals surface area contributed by atoms with Gasteiger partial charge in [-0.3, -0.25) is 0 Å². The third-order valence-electron chi connectivity index (χ3n) is 4.44. The zero-order chi connectivity index (χ0) is 13.9. The predicted molar refractivity (Wildman–Crippen MR) is 82.1 cm³/mol. The maximum absolute atomic E-state index is 5.97. The molecule has 0 radical (unpaired) electrons. The topological polar surface area (TPSA) is 51.4 Å². The monoisotopic (exact) mass is 275 g/mol. The highest BCUT2D eigenvalue weighted by molar-refractivity contribution is 5.54. The van der Waals surface area contributed by atoms with Crippen LogP contribution in [0.25, 0.3) is 0 Å². The van der Waals surface area contributed by atoms with Crippen LogP contribution in [0.2, 0.25) is 0 Å². The third kappa shape index (κ3) is 3.17. The first kappa shape index (κ1) is 13.5. The molecule has 0 spiro atoms. The van der Waals surface area contributed by atoms with Crippen LogP contribution in [-0.4, -0.2) is 24.7 Å². The van der Waals surface area contributed by atoms with E-state index in [2.05, 4.69) is 16.8 Å². The Hall–Kier alpha value is -1.45. The number of nitrogen functional groups attached to an aromatic ring is 1. The molecule has 1 aromatic heterocycles. The summed E-state index contributed by atoms with van der Waals surface area (Å²) in [6.07, 6.45) is 6.66. The molecule has 3 rings (SSSR count). The Labute approximate surface area is 121 Å². The number of nitrogens with zero attached hydrogens (tertiary/aromatic N) is 2. The zero-order valence-electron chi connectivity index (χ0n) is 12.3. The van der Waals surface area contributed by atoms with E-state index in [1.54, 1.807) is 0 Å². The zero-order valence-corrected chi connectivity index (χ0v) is 12.3. The van der Waals surface area contributed by atoms with Crippen LogP contribution < -0.4 is 15.4 Å². The van der Waals surface area contributed by atoms with Gasteiger partial charge in [-0.1, -0.05) is 6.42 Å². The lowest BCUT2D eigenvalue weighted by molar-refractivity contribution is 0.289. The van der Waals surface area contributed by atoms with Crippen molar-refractivity contribution in [3.63, 3.8) is 0 Å². The molecule has 0 unspecified atom stereocenters. The van der Waals surface area contributed by atoms with Gasteiger partial charge in [-0.05, 0) is 56.6 Å². The largest absolute Gasteiger partial charge is 0.476 e. The average molecular weight is 275 g/mol. The molecule has 0 amide bonds. The first-order chi connectivity index (χ1) is 9.76. The van der Waals surface area contributed by atoms with E-state index >= 15 is 0 Å². The molecule has 4 heteroatoms. The molecule has 2 saturated carbocycles. The predicted octanol–water partition coefficient (Wildman–Crippen LogP) is 3.08. The van der Waals surface area contributed by atoms with Gasteiger partial charge in [-0.15, -0.1) is 0 Å². The lowest BCUT2D eigenvalue weighted by atomic mass is 9.85. The SMILES string of the molecule is CCN(CC1CCC1)c1ccc(N)c(OCC2CC2)n1. The van der Waals surface area contributed by atoms with Crippen LogP contribution in [0.5, 0.6) is 5.88 Å². The summed E-state index contributed by atoms with van der Waals surface area (Å²) in [4.78, 5) is 6.97. The standard InChI is InChI=1S/C16H25N3O/c1-2-19(10-12-4-3-5-12)15-9-8-14(17)16(18-15)20-11-13-6-7-13/h8-9,12-13H,2-7,10-11,17H2,1H3. The number of ether oxygens (including phenoxy) is 1. The van der Waals surface area contributed by atoms with Crippen molar-refractivity contribution >= 4 is 11.5 Å². The molecule has 0 aromatic carbocycles. The Morgan fingerprint density at radius 2 is 2.05 bits per heavy atom. The summed E-state index contributed by atoms with van der Waals surface area (Å²) in [5.74, 6) is 3.17. The first-order valence-electron chi connectivity index (χ1n) is 7.90. The second-order valence-corrected chi connectivity index (χ2v) is 6.15. The minimum Gasteiger partial charge on any atom is -0.476 e. The van der Waals surface area contributed by atoms with E-state index in [-0.39, 0.29) is 0 Å². The first-order valence-corrected chi connectivity index (χ1v) is 7.90. The normalized spacial score (nSPS) is 18.6. The fraction of sp³-hybridized carbons (Fsp3) is 0.688. The maximum Gasteiger partial charge on any atom is 0.239 e. The van der Waals surface area contributed by atoms with E-state index in [4.69, 9.17) is 10.5 Å². The van der Waals surface area contributed by atoms with Crippen LogP contribution in [0.15, 0.2) is 12.1 Å². The lowest BCUT2D eigenvalue weighted by Crippen LogP contribution is -2.33. The second kappa shape index (κ2) is 5.90. The number of hydrogen-bond donors (Lipinski definition) is 1. The van der Waals surface area contributed by atoms with Gasteiger partial charge in [0.05, 0.1) is 12.3 Å². The van der Waals surface area contributed by atoms with Gasteiger partial charge in [-0.25, -0.2) is 0 Å². The molecule has 4 nitrogen and oxygen atoms in total. The van der Waals surface area contributed by atoms with E-state index in [1.165, 1.54) is 32.1 Å². The van der Waals surface area contributed by atoms with Crippen LogP contribution in [0.1, 0.15) is 39.0 Å². The lowest BCUT2D eigenvalue weighted by Gasteiger charge is -2.32. The van der Waals surface area contributed by atoms with Crippen molar-refractivity contribution in [1.29, 1.82) is 0 Å². The highest BCUT2D eigenvalue weighted by atomic mass is 16.5. The number of rotatable bonds is 7. The molecule has 2 aliphatic carbocycles. The van der Waals surface area contributed by atoms with Gasteiger partial charge in [0.1, 0.15) is 5.82 Å². The summed E-state index contributed by atoms with van der Waals surface area (Å²) in [5.41, 5.74) is 6.62. The Morgan fingerprint density at radius 3 is 2.65 bits per heavy atom. The Kier molecular flexibility index (Phi) is 3.99. The van der Waals surface area contributed by atoms with Gasteiger partial charge in [0.2, 0.25) is 5.88 Å². The highest BCUT2D eigenvalue weighted by Crippen LogP contribution is 2.32. The summed E-state index contributed by atoms with van der Waals surface area (Å²) in [5, 5.41) is 0. The molecule has 0 saturated heterocycles. The molecule has 2 fully saturated rings. The second-order valence-electron chi connectivity index (χ2n) is 6.15. The van der Waals surface area contributed by atoms with Gasteiger partial charge < -0.3 is 15.4 Å². The maximum atomic E-state index is 5.97. The van der Waals surface area contributed by atoms with Gasteiger partial charge >= 0.3 is 0 Å². The van der Waals surface area contributed by atoms with Crippen LogP contribution >= 0.6 is 0 Å². The quantitative estimate of drug-likeness (QED) is 0.831. The number of aromatic nitrogens is 1. The molecular weight excluding hydrogens is 250 g/mol. The molecule has 20 heavy (non-hydrogen) atoms. The molecule has 0 bridgehead atoms. The van der Waals surface area contributed by atoms with Crippen molar-refractivity contribution in [1.82, 2.24) is 4.98 Å². The smallest absolute Gasteiger partial charge is 0.239 e. The van der Waals surface area contributed by atoms with E-state index in [9.17, 15) is 0 Å². The van der Waals surface area contributed by atoms with Crippen LogP contribution in [0.4, 0.5) is 11.5 Å². The molecule has 0 atom stereocenters. The summed E-state index contributed by atoms with van der Waals surface area (Å²) < 4.78 is 5.78.